The van der Waals surface area contributed by atoms with E-state index < -0.39 is 0 Å². The molecule has 0 radical (unpaired) electrons. The van der Waals surface area contributed by atoms with Gasteiger partial charge in [0.1, 0.15) is 0 Å². The maximum atomic E-state index is 12.0. The summed E-state index contributed by atoms with van der Waals surface area (Å²) in [5.41, 5.74) is 1.84. The zero-order valence-electron chi connectivity index (χ0n) is 17.2. The number of benzene rings is 1. The maximum absolute atomic E-state index is 12.0. The summed E-state index contributed by atoms with van der Waals surface area (Å²) in [4.78, 5) is 18.2. The van der Waals surface area contributed by atoms with Gasteiger partial charge in [-0.3, -0.25) is 9.79 Å². The van der Waals surface area contributed by atoms with Crippen molar-refractivity contribution in [1.29, 1.82) is 0 Å². The number of hydrogen-bond acceptors (Lipinski definition) is 3. The molecule has 0 aliphatic heterocycles. The first-order valence-corrected chi connectivity index (χ1v) is 9.34. The summed E-state index contributed by atoms with van der Waals surface area (Å²) in [6.07, 6.45) is 0.822. The number of carbonyl (C=O) groups excluding carboxylic acids is 1. The number of aliphatic imine (C=N–C) groups is 1. The second kappa shape index (κ2) is 14.7. The number of ether oxygens (including phenoxy) is 1. The van der Waals surface area contributed by atoms with Crippen LogP contribution in [-0.2, 0) is 11.2 Å². The minimum absolute atomic E-state index is 0. The van der Waals surface area contributed by atoms with E-state index in [1.807, 2.05) is 31.2 Å². The average Bonchev–Trinajstić information content (AvgIpc) is 2.60. The largest absolute Gasteiger partial charge is 0.379 e. The monoisotopic (exact) mass is 490 g/mol. The fourth-order valence-electron chi connectivity index (χ4n) is 2.33. The summed E-state index contributed by atoms with van der Waals surface area (Å²) in [5, 5.41) is 6.56. The van der Waals surface area contributed by atoms with Gasteiger partial charge in [-0.15, -0.1) is 24.0 Å². The molecule has 7 heteroatoms. The summed E-state index contributed by atoms with van der Waals surface area (Å²) in [5.74, 6) is 1.36. The molecule has 27 heavy (non-hydrogen) atoms. The molecule has 6 nitrogen and oxygen atoms in total. The van der Waals surface area contributed by atoms with Crippen molar-refractivity contribution in [3.63, 3.8) is 0 Å². The molecule has 0 bridgehead atoms. The van der Waals surface area contributed by atoms with Gasteiger partial charge in [0.05, 0.1) is 13.2 Å². The molecule has 0 aliphatic rings. The number of hydrogen-bond donors (Lipinski definition) is 2. The Morgan fingerprint density at radius 2 is 2.00 bits per heavy atom. The highest BCUT2D eigenvalue weighted by atomic mass is 127. The Hall–Kier alpha value is -1.35. The first kappa shape index (κ1) is 25.6. The Labute approximate surface area is 181 Å². The van der Waals surface area contributed by atoms with E-state index in [0.29, 0.717) is 19.1 Å². The fraction of sp³-hybridized carbons (Fsp3) is 0.600. The maximum Gasteiger partial charge on any atom is 0.253 e. The molecule has 0 fully saturated rings. The molecule has 0 aromatic heterocycles. The smallest absolute Gasteiger partial charge is 0.253 e. The first-order chi connectivity index (χ1) is 12.4. The highest BCUT2D eigenvalue weighted by molar-refractivity contribution is 14.0. The molecule has 0 unspecified atom stereocenters. The number of rotatable bonds is 10. The minimum Gasteiger partial charge on any atom is -0.379 e. The van der Waals surface area contributed by atoms with Crippen molar-refractivity contribution in [2.24, 2.45) is 10.9 Å². The van der Waals surface area contributed by atoms with Crippen LogP contribution in [0, 0.1) is 5.92 Å². The van der Waals surface area contributed by atoms with Crippen LogP contribution in [0.3, 0.4) is 0 Å². The predicted molar refractivity (Wildman–Crippen MR) is 123 cm³/mol. The standard InChI is InChI=1S/C20H34N4O2.HI/c1-6-21-20(23-12-13-26-15-16(2)3)22-11-10-17-8-7-9-18(14-17)19(25)24(4)5;/h7-9,14,16H,6,10-13,15H2,1-5H3,(H2,21,22,23);1H. The van der Waals surface area contributed by atoms with E-state index >= 15 is 0 Å². The van der Waals surface area contributed by atoms with E-state index in [1.165, 1.54) is 0 Å². The lowest BCUT2D eigenvalue weighted by Crippen LogP contribution is -2.38. The molecular formula is C20H35IN4O2. The Kier molecular flexibility index (Phi) is 13.9. The fourth-order valence-corrected chi connectivity index (χ4v) is 2.33. The SMILES string of the molecule is CCNC(=NCCOCC(C)C)NCCc1cccc(C(=O)N(C)C)c1.I. The van der Waals surface area contributed by atoms with E-state index in [1.54, 1.807) is 19.0 Å². The van der Waals surface area contributed by atoms with Gasteiger partial charge in [0.2, 0.25) is 0 Å². The van der Waals surface area contributed by atoms with Gasteiger partial charge in [-0.1, -0.05) is 26.0 Å². The third kappa shape index (κ3) is 11.2. The van der Waals surface area contributed by atoms with Crippen LogP contribution in [0.1, 0.15) is 36.7 Å². The second-order valence-corrected chi connectivity index (χ2v) is 6.81. The molecule has 1 amide bonds. The van der Waals surface area contributed by atoms with Gasteiger partial charge in [0, 0.05) is 39.4 Å². The zero-order valence-corrected chi connectivity index (χ0v) is 19.6. The van der Waals surface area contributed by atoms with Crippen LogP contribution < -0.4 is 10.6 Å². The van der Waals surface area contributed by atoms with Crippen molar-refractivity contribution in [3.8, 4) is 0 Å². The van der Waals surface area contributed by atoms with Crippen LogP contribution in [0.5, 0.6) is 0 Å². The molecular weight excluding hydrogens is 455 g/mol. The van der Waals surface area contributed by atoms with E-state index in [4.69, 9.17) is 4.74 Å². The average molecular weight is 490 g/mol. The van der Waals surface area contributed by atoms with Gasteiger partial charge in [-0.05, 0) is 37.0 Å². The molecule has 154 valence electrons. The molecule has 1 aromatic rings. The normalized spacial score (nSPS) is 11.1. The molecule has 0 saturated heterocycles. The highest BCUT2D eigenvalue weighted by Crippen LogP contribution is 2.07. The van der Waals surface area contributed by atoms with Crippen LogP contribution in [0.25, 0.3) is 0 Å². The van der Waals surface area contributed by atoms with E-state index in [9.17, 15) is 4.79 Å². The summed E-state index contributed by atoms with van der Waals surface area (Å²) in [7, 11) is 3.53. The molecule has 0 atom stereocenters. The Morgan fingerprint density at radius 3 is 2.63 bits per heavy atom. The van der Waals surface area contributed by atoms with Crippen molar-refractivity contribution in [2.45, 2.75) is 27.2 Å². The summed E-state index contributed by atoms with van der Waals surface area (Å²) in [6.45, 7) is 9.90. The Bertz CT molecular complexity index is 577. The molecule has 0 spiro atoms. The minimum atomic E-state index is 0. The predicted octanol–water partition coefficient (Wildman–Crippen LogP) is 2.78. The lowest BCUT2D eigenvalue weighted by molar-refractivity contribution is 0.0827. The van der Waals surface area contributed by atoms with Crippen molar-refractivity contribution in [2.75, 3.05) is 46.9 Å². The van der Waals surface area contributed by atoms with E-state index in [0.717, 1.165) is 43.2 Å². The number of carbonyl (C=O) groups is 1. The molecule has 1 aromatic carbocycles. The van der Waals surface area contributed by atoms with Crippen molar-refractivity contribution in [3.05, 3.63) is 35.4 Å². The Morgan fingerprint density at radius 1 is 1.26 bits per heavy atom. The lowest BCUT2D eigenvalue weighted by Gasteiger charge is -2.13. The third-order valence-corrected chi connectivity index (χ3v) is 3.59. The van der Waals surface area contributed by atoms with Crippen molar-refractivity contribution >= 4 is 35.8 Å². The number of nitrogens with one attached hydrogen (secondary N) is 2. The summed E-state index contributed by atoms with van der Waals surface area (Å²) in [6, 6.07) is 7.77. The van der Waals surface area contributed by atoms with Crippen LogP contribution in [0.4, 0.5) is 0 Å². The van der Waals surface area contributed by atoms with E-state index in [-0.39, 0.29) is 29.9 Å². The van der Waals surface area contributed by atoms with Gasteiger partial charge in [-0.25, -0.2) is 0 Å². The summed E-state index contributed by atoms with van der Waals surface area (Å²) >= 11 is 0. The topological polar surface area (TPSA) is 66.0 Å². The Balaban J connectivity index is 0.00000676. The zero-order chi connectivity index (χ0) is 19.4. The molecule has 2 N–H and O–H groups in total. The van der Waals surface area contributed by atoms with Crippen LogP contribution in [0.2, 0.25) is 0 Å². The van der Waals surface area contributed by atoms with Gasteiger partial charge >= 0.3 is 0 Å². The van der Waals surface area contributed by atoms with E-state index in [2.05, 4.69) is 29.5 Å². The molecule has 0 aliphatic carbocycles. The summed E-state index contributed by atoms with van der Waals surface area (Å²) < 4.78 is 5.55. The quantitative estimate of drug-likeness (QED) is 0.229. The molecule has 0 saturated carbocycles. The van der Waals surface area contributed by atoms with Crippen LogP contribution in [0.15, 0.2) is 29.3 Å². The van der Waals surface area contributed by atoms with Crippen molar-refractivity contribution in [1.82, 2.24) is 15.5 Å². The number of amides is 1. The molecule has 1 rings (SSSR count). The number of halogens is 1. The van der Waals surface area contributed by atoms with Gasteiger partial charge in [0.15, 0.2) is 5.96 Å². The van der Waals surface area contributed by atoms with Gasteiger partial charge in [-0.2, -0.15) is 0 Å². The lowest BCUT2D eigenvalue weighted by atomic mass is 10.1. The van der Waals surface area contributed by atoms with Crippen LogP contribution >= 0.6 is 24.0 Å². The first-order valence-electron chi connectivity index (χ1n) is 9.34. The second-order valence-electron chi connectivity index (χ2n) is 6.81. The van der Waals surface area contributed by atoms with Crippen LogP contribution in [-0.4, -0.2) is 63.7 Å². The number of guanidine groups is 1. The molecule has 0 heterocycles. The highest BCUT2D eigenvalue weighted by Gasteiger charge is 2.08. The number of nitrogens with zero attached hydrogens (tertiary/aromatic N) is 2. The third-order valence-electron chi connectivity index (χ3n) is 3.59. The van der Waals surface area contributed by atoms with Crippen molar-refractivity contribution < 1.29 is 9.53 Å². The van der Waals surface area contributed by atoms with Gasteiger partial charge < -0.3 is 20.3 Å². The van der Waals surface area contributed by atoms with Gasteiger partial charge in [0.25, 0.3) is 5.91 Å².